The molecular weight excluding hydrogens is 354 g/mol. The zero-order valence-electron chi connectivity index (χ0n) is 15.5. The van der Waals surface area contributed by atoms with Crippen LogP contribution in [0.25, 0.3) is 11.8 Å². The molecule has 0 saturated carbocycles. The van der Waals surface area contributed by atoms with Gasteiger partial charge >= 0.3 is 0 Å². The molecule has 2 aliphatic rings. The van der Waals surface area contributed by atoms with Gasteiger partial charge in [0, 0.05) is 34.3 Å². The molecule has 3 aromatic rings. The third-order valence-electron chi connectivity index (χ3n) is 5.29. The Hall–Kier alpha value is -3.60. The third-order valence-corrected chi connectivity index (χ3v) is 5.29. The van der Waals surface area contributed by atoms with Gasteiger partial charge in [-0.25, -0.2) is 0 Å². The van der Waals surface area contributed by atoms with Crippen LogP contribution in [0.3, 0.4) is 0 Å². The average molecular weight is 371 g/mol. The van der Waals surface area contributed by atoms with E-state index < -0.39 is 0 Å². The number of ketones is 2. The molecular formula is C23H17NO4. The minimum Gasteiger partial charge on any atom is -0.454 e. The van der Waals surface area contributed by atoms with Crippen molar-refractivity contribution in [1.29, 1.82) is 0 Å². The number of Topliss-reactive ketones (excluding diaryl/α,β-unsaturated/α-hetero) is 2. The summed E-state index contributed by atoms with van der Waals surface area (Å²) in [6, 6.07) is 14.7. The number of carbonyl (C=O) groups is 2. The minimum atomic E-state index is -0.214. The van der Waals surface area contributed by atoms with Gasteiger partial charge in [-0.2, -0.15) is 0 Å². The fourth-order valence-corrected chi connectivity index (χ4v) is 3.91. The van der Waals surface area contributed by atoms with E-state index in [1.165, 1.54) is 0 Å². The van der Waals surface area contributed by atoms with Crippen molar-refractivity contribution in [2.75, 3.05) is 6.79 Å². The van der Waals surface area contributed by atoms with E-state index in [4.69, 9.17) is 9.47 Å². The summed E-state index contributed by atoms with van der Waals surface area (Å²) >= 11 is 0. The van der Waals surface area contributed by atoms with Crippen molar-refractivity contribution in [1.82, 2.24) is 4.57 Å². The topological polar surface area (TPSA) is 57.5 Å². The molecule has 5 nitrogen and oxygen atoms in total. The first-order valence-electron chi connectivity index (χ1n) is 9.03. The fraction of sp³-hybridized carbons (Fsp3) is 0.130. The van der Waals surface area contributed by atoms with Gasteiger partial charge in [-0.05, 0) is 43.7 Å². The number of rotatable bonds is 2. The van der Waals surface area contributed by atoms with E-state index in [2.05, 4.69) is 4.57 Å². The molecule has 28 heavy (non-hydrogen) atoms. The van der Waals surface area contributed by atoms with Crippen LogP contribution in [0.2, 0.25) is 0 Å². The van der Waals surface area contributed by atoms with Gasteiger partial charge in [0.1, 0.15) is 0 Å². The summed E-state index contributed by atoms with van der Waals surface area (Å²) in [7, 11) is 0. The lowest BCUT2D eigenvalue weighted by Crippen LogP contribution is -2.01. The van der Waals surface area contributed by atoms with Crippen molar-refractivity contribution in [3.8, 4) is 17.2 Å². The number of carbonyl (C=O) groups excluding carboxylic acids is 2. The second kappa shape index (κ2) is 5.96. The first-order chi connectivity index (χ1) is 13.5. The first kappa shape index (κ1) is 16.6. The van der Waals surface area contributed by atoms with Gasteiger partial charge in [0.25, 0.3) is 0 Å². The lowest BCUT2D eigenvalue weighted by Gasteiger charge is -2.10. The molecule has 0 spiro atoms. The van der Waals surface area contributed by atoms with Crippen molar-refractivity contribution >= 4 is 17.6 Å². The fourth-order valence-electron chi connectivity index (χ4n) is 3.91. The normalized spacial score (nSPS) is 14.6. The zero-order chi connectivity index (χ0) is 19.4. The Morgan fingerprint density at radius 1 is 0.893 bits per heavy atom. The highest BCUT2D eigenvalue weighted by Gasteiger charge is 2.32. The maximum Gasteiger partial charge on any atom is 0.231 e. The van der Waals surface area contributed by atoms with Gasteiger partial charge < -0.3 is 14.0 Å². The molecule has 1 aliphatic carbocycles. The number of nitrogens with zero attached hydrogens (tertiary/aromatic N) is 1. The lowest BCUT2D eigenvalue weighted by atomic mass is 10.1. The van der Waals surface area contributed by atoms with Crippen LogP contribution in [0.4, 0.5) is 0 Å². The van der Waals surface area contributed by atoms with Crippen molar-refractivity contribution in [2.24, 2.45) is 0 Å². The predicted octanol–water partition coefficient (Wildman–Crippen LogP) is 4.29. The minimum absolute atomic E-state index is 0.214. The van der Waals surface area contributed by atoms with Crippen LogP contribution in [0.15, 0.2) is 54.1 Å². The molecule has 1 aromatic heterocycles. The van der Waals surface area contributed by atoms with Gasteiger partial charge in [-0.1, -0.05) is 24.3 Å². The lowest BCUT2D eigenvalue weighted by molar-refractivity contribution is 0.0990. The van der Waals surface area contributed by atoms with E-state index >= 15 is 0 Å². The van der Waals surface area contributed by atoms with Crippen LogP contribution in [-0.2, 0) is 0 Å². The average Bonchev–Trinajstić information content (AvgIpc) is 3.34. The van der Waals surface area contributed by atoms with E-state index in [-0.39, 0.29) is 23.9 Å². The van der Waals surface area contributed by atoms with Crippen LogP contribution in [-0.4, -0.2) is 22.9 Å². The van der Waals surface area contributed by atoms with Gasteiger partial charge in [-0.3, -0.25) is 9.59 Å². The highest BCUT2D eigenvalue weighted by Crippen LogP contribution is 2.35. The summed E-state index contributed by atoms with van der Waals surface area (Å²) in [5.41, 5.74) is 4.90. The number of benzene rings is 2. The second-order valence-corrected chi connectivity index (χ2v) is 6.96. The Labute approximate surface area is 161 Å². The monoisotopic (exact) mass is 371 g/mol. The Morgan fingerprint density at radius 2 is 1.57 bits per heavy atom. The van der Waals surface area contributed by atoms with Gasteiger partial charge in [0.05, 0.1) is 5.57 Å². The molecule has 0 saturated heterocycles. The number of aromatic nitrogens is 1. The van der Waals surface area contributed by atoms with Gasteiger partial charge in [0.15, 0.2) is 23.1 Å². The summed E-state index contributed by atoms with van der Waals surface area (Å²) in [5.74, 6) is 1.01. The van der Waals surface area contributed by atoms with E-state index in [0.29, 0.717) is 16.9 Å². The molecule has 2 aromatic carbocycles. The molecule has 0 N–H and O–H groups in total. The van der Waals surface area contributed by atoms with E-state index in [1.54, 1.807) is 30.3 Å². The summed E-state index contributed by atoms with van der Waals surface area (Å²) in [5, 5.41) is 0. The van der Waals surface area contributed by atoms with E-state index in [9.17, 15) is 9.59 Å². The summed E-state index contributed by atoms with van der Waals surface area (Å²) < 4.78 is 12.9. The third kappa shape index (κ3) is 2.33. The first-order valence-corrected chi connectivity index (χ1v) is 9.03. The number of hydrogen-bond acceptors (Lipinski definition) is 4. The molecule has 5 rings (SSSR count). The smallest absolute Gasteiger partial charge is 0.231 e. The molecule has 0 atom stereocenters. The van der Waals surface area contributed by atoms with Gasteiger partial charge in [0.2, 0.25) is 6.79 Å². The predicted molar refractivity (Wildman–Crippen MR) is 104 cm³/mol. The van der Waals surface area contributed by atoms with E-state index in [0.717, 1.165) is 28.4 Å². The number of ether oxygens (including phenoxy) is 2. The molecule has 138 valence electrons. The van der Waals surface area contributed by atoms with Crippen molar-refractivity contribution in [2.45, 2.75) is 13.8 Å². The Bertz CT molecular complexity index is 1160. The second-order valence-electron chi connectivity index (χ2n) is 6.96. The highest BCUT2D eigenvalue weighted by molar-refractivity contribution is 6.41. The summed E-state index contributed by atoms with van der Waals surface area (Å²) in [4.78, 5) is 25.4. The Balaban J connectivity index is 1.59. The zero-order valence-corrected chi connectivity index (χ0v) is 15.5. The Morgan fingerprint density at radius 3 is 2.29 bits per heavy atom. The summed E-state index contributed by atoms with van der Waals surface area (Å²) in [6.45, 7) is 4.19. The SMILES string of the molecule is Cc1cc(C=C2C(=O)c3ccccc3C2=O)c(C)n1-c1ccc2c(c1)OCO2. The maximum atomic E-state index is 12.7. The molecule has 0 amide bonds. The largest absolute Gasteiger partial charge is 0.454 e. The Kier molecular flexibility index (Phi) is 3.52. The quantitative estimate of drug-likeness (QED) is 0.498. The molecule has 0 bridgehead atoms. The number of hydrogen-bond donors (Lipinski definition) is 0. The van der Waals surface area contributed by atoms with Crippen molar-refractivity contribution in [3.63, 3.8) is 0 Å². The van der Waals surface area contributed by atoms with Gasteiger partial charge in [-0.15, -0.1) is 0 Å². The van der Waals surface area contributed by atoms with Crippen molar-refractivity contribution in [3.05, 3.63) is 82.2 Å². The van der Waals surface area contributed by atoms with Crippen LogP contribution in [0.5, 0.6) is 11.5 Å². The highest BCUT2D eigenvalue weighted by atomic mass is 16.7. The maximum absolute atomic E-state index is 12.7. The van der Waals surface area contributed by atoms with Crippen LogP contribution < -0.4 is 9.47 Å². The summed E-state index contributed by atoms with van der Waals surface area (Å²) in [6.07, 6.45) is 1.70. The standard InChI is InChI=1S/C23H17NO4/c1-13-9-15(10-19-22(25)17-5-3-4-6-18(17)23(19)26)14(2)24(13)16-7-8-20-21(11-16)28-12-27-20/h3-11H,12H2,1-2H3. The number of allylic oxidation sites excluding steroid dienone is 1. The van der Waals surface area contributed by atoms with Crippen LogP contribution >= 0.6 is 0 Å². The molecule has 2 heterocycles. The van der Waals surface area contributed by atoms with Crippen LogP contribution in [0, 0.1) is 13.8 Å². The molecule has 5 heteroatoms. The number of fused-ring (bicyclic) bond motifs is 2. The molecule has 1 aliphatic heterocycles. The molecule has 0 fully saturated rings. The molecule has 0 radical (unpaired) electrons. The number of aryl methyl sites for hydroxylation is 1. The van der Waals surface area contributed by atoms with Crippen molar-refractivity contribution < 1.29 is 19.1 Å². The molecule has 0 unspecified atom stereocenters. The van der Waals surface area contributed by atoms with E-state index in [1.807, 2.05) is 38.1 Å². The van der Waals surface area contributed by atoms with Crippen LogP contribution in [0.1, 0.15) is 37.7 Å².